The Bertz CT molecular complexity index is 1040. The number of carbonyl (C=O) groups is 4. The fourth-order valence-corrected chi connectivity index (χ4v) is 7.20. The van der Waals surface area contributed by atoms with E-state index >= 15 is 0 Å². The second-order valence-electron chi connectivity index (χ2n) is 11.7. The van der Waals surface area contributed by atoms with Gasteiger partial charge in [-0.3, -0.25) is 14.4 Å². The Morgan fingerprint density at radius 1 is 1.11 bits per heavy atom. The molecule has 212 valence electrons. The molecule has 0 aromatic heterocycles. The summed E-state index contributed by atoms with van der Waals surface area (Å²) in [5.74, 6) is -3.23. The molecule has 2 heterocycles. The van der Waals surface area contributed by atoms with E-state index in [4.69, 9.17) is 23.7 Å². The van der Waals surface area contributed by atoms with Gasteiger partial charge < -0.3 is 28.8 Å². The first-order valence-electron chi connectivity index (χ1n) is 13.5. The molecule has 2 aliphatic carbocycles. The molecule has 2 aliphatic heterocycles. The number of fused-ring (bicyclic) bond motifs is 1. The molecule has 5 unspecified atom stereocenters. The fraction of sp³-hybridized carbons (Fsp3) is 0.786. The third-order valence-corrected chi connectivity index (χ3v) is 9.20. The molecule has 4 rings (SSSR count). The van der Waals surface area contributed by atoms with Gasteiger partial charge in [0.15, 0.2) is 17.3 Å². The molecule has 10 atom stereocenters. The second kappa shape index (κ2) is 9.93. The first kappa shape index (κ1) is 28.5. The number of hydrogen-bond acceptors (Lipinski definition) is 10. The predicted octanol–water partition coefficient (Wildman–Crippen LogP) is 2.78. The van der Waals surface area contributed by atoms with E-state index in [9.17, 15) is 24.3 Å². The highest BCUT2D eigenvalue weighted by molar-refractivity contribution is 5.88. The van der Waals surface area contributed by atoms with Gasteiger partial charge in [-0.05, 0) is 45.1 Å². The van der Waals surface area contributed by atoms with Crippen molar-refractivity contribution in [3.63, 3.8) is 0 Å². The Labute approximate surface area is 223 Å². The summed E-state index contributed by atoms with van der Waals surface area (Å²) in [5.41, 5.74) is -2.99. The lowest BCUT2D eigenvalue weighted by molar-refractivity contribution is -0.230. The SMILES string of the molecule is CCCC(=O)O[C@H]1CC(OC(C)=O)[C@@]2(C)C([C@H]1C)[C@H](O)C13OC1(C)C(=O)OC3/C=C(/C)CC[C@@H]2OC(C)=O. The Morgan fingerprint density at radius 3 is 2.32 bits per heavy atom. The number of hydrogen-bond donors (Lipinski definition) is 1. The lowest BCUT2D eigenvalue weighted by Gasteiger charge is -2.56. The number of ether oxygens (including phenoxy) is 5. The molecule has 0 amide bonds. The van der Waals surface area contributed by atoms with Crippen LogP contribution in [-0.4, -0.2) is 70.7 Å². The third-order valence-electron chi connectivity index (χ3n) is 9.20. The van der Waals surface area contributed by atoms with Crippen LogP contribution in [-0.2, 0) is 42.9 Å². The summed E-state index contributed by atoms with van der Waals surface area (Å²) in [7, 11) is 0. The number of allylic oxidation sites excluding steroid dienone is 1. The van der Waals surface area contributed by atoms with Crippen LogP contribution < -0.4 is 0 Å². The average molecular weight is 537 g/mol. The Kier molecular flexibility index (Phi) is 7.46. The summed E-state index contributed by atoms with van der Waals surface area (Å²) in [4.78, 5) is 50.1. The first-order valence-corrected chi connectivity index (χ1v) is 13.5. The Morgan fingerprint density at radius 2 is 1.74 bits per heavy atom. The van der Waals surface area contributed by atoms with Gasteiger partial charge in [-0.25, -0.2) is 4.79 Å². The number of aliphatic hydroxyl groups excluding tert-OH is 1. The summed E-state index contributed by atoms with van der Waals surface area (Å²) in [5, 5.41) is 12.3. The normalized spacial score (nSPS) is 45.2. The zero-order chi connectivity index (χ0) is 28.2. The van der Waals surface area contributed by atoms with Crippen LogP contribution in [0.2, 0.25) is 0 Å². The molecule has 38 heavy (non-hydrogen) atoms. The first-order chi connectivity index (χ1) is 17.7. The van der Waals surface area contributed by atoms with Crippen LogP contribution >= 0.6 is 0 Å². The summed E-state index contributed by atoms with van der Waals surface area (Å²) in [6.45, 7) is 11.7. The van der Waals surface area contributed by atoms with Crippen molar-refractivity contribution < 1.29 is 48.0 Å². The standard InChI is InChI=1S/C28H40O10/c1-8-9-22(31)36-18-13-20(35-17(5)30)26(6)19(34-16(4)29)11-10-14(2)12-21-28(24(32)23(26)15(18)3)27(7,38-28)25(33)37-21/h12,15,18-21,23-24,32H,8-11,13H2,1-7H3/b14-12-/t15-,18-,19-,20?,21?,23?,24-,26-,27?,28?/m0/s1. The molecule has 0 aromatic rings. The molecule has 0 aromatic carbocycles. The number of carbonyl (C=O) groups excluding carboxylic acids is 4. The largest absolute Gasteiger partial charge is 0.462 e. The van der Waals surface area contributed by atoms with Crippen molar-refractivity contribution in [1.82, 2.24) is 0 Å². The minimum atomic E-state index is -1.39. The molecule has 0 radical (unpaired) electrons. The number of esters is 4. The third kappa shape index (κ3) is 4.33. The molecule has 1 N–H and O–H groups in total. The molecule has 0 bridgehead atoms. The molecule has 3 fully saturated rings. The maximum absolute atomic E-state index is 12.9. The summed E-state index contributed by atoms with van der Waals surface area (Å²) >= 11 is 0. The summed E-state index contributed by atoms with van der Waals surface area (Å²) < 4.78 is 29.4. The van der Waals surface area contributed by atoms with Gasteiger partial charge in [-0.15, -0.1) is 0 Å². The van der Waals surface area contributed by atoms with Gasteiger partial charge in [-0.2, -0.15) is 0 Å². The zero-order valence-corrected chi connectivity index (χ0v) is 23.3. The predicted molar refractivity (Wildman–Crippen MR) is 132 cm³/mol. The van der Waals surface area contributed by atoms with E-state index in [1.165, 1.54) is 13.8 Å². The van der Waals surface area contributed by atoms with Crippen molar-refractivity contribution in [2.24, 2.45) is 17.3 Å². The van der Waals surface area contributed by atoms with Gasteiger partial charge in [0.25, 0.3) is 0 Å². The highest BCUT2D eigenvalue weighted by atomic mass is 16.7. The monoisotopic (exact) mass is 536 g/mol. The maximum Gasteiger partial charge on any atom is 0.342 e. The van der Waals surface area contributed by atoms with E-state index in [0.717, 1.165) is 5.57 Å². The van der Waals surface area contributed by atoms with E-state index < -0.39 is 76.9 Å². The second-order valence-corrected chi connectivity index (χ2v) is 11.7. The molecule has 10 nitrogen and oxygen atoms in total. The van der Waals surface area contributed by atoms with Gasteiger partial charge >= 0.3 is 23.9 Å². The van der Waals surface area contributed by atoms with E-state index in [1.807, 2.05) is 27.7 Å². The summed E-state index contributed by atoms with van der Waals surface area (Å²) in [6, 6.07) is 0. The van der Waals surface area contributed by atoms with Crippen molar-refractivity contribution >= 4 is 23.9 Å². The van der Waals surface area contributed by atoms with Crippen molar-refractivity contribution in [2.75, 3.05) is 0 Å². The van der Waals surface area contributed by atoms with Crippen LogP contribution in [0.3, 0.4) is 0 Å². The van der Waals surface area contributed by atoms with Crippen molar-refractivity contribution in [3.8, 4) is 0 Å². The minimum Gasteiger partial charge on any atom is -0.462 e. The van der Waals surface area contributed by atoms with Gasteiger partial charge in [0, 0.05) is 38.0 Å². The van der Waals surface area contributed by atoms with Crippen LogP contribution in [0, 0.1) is 17.3 Å². The lowest BCUT2D eigenvalue weighted by atomic mass is 9.53. The average Bonchev–Trinajstić information content (AvgIpc) is 3.40. The van der Waals surface area contributed by atoms with Crippen molar-refractivity contribution in [3.05, 3.63) is 11.6 Å². The van der Waals surface area contributed by atoms with Gasteiger partial charge in [0.1, 0.15) is 18.3 Å². The zero-order valence-electron chi connectivity index (χ0n) is 23.3. The van der Waals surface area contributed by atoms with Crippen LogP contribution in [0.15, 0.2) is 11.6 Å². The van der Waals surface area contributed by atoms with E-state index in [2.05, 4.69) is 0 Å². The van der Waals surface area contributed by atoms with Crippen molar-refractivity contribution in [1.29, 1.82) is 0 Å². The van der Waals surface area contributed by atoms with E-state index in [1.54, 1.807) is 13.0 Å². The molecule has 10 heteroatoms. The van der Waals surface area contributed by atoms with Gasteiger partial charge in [-0.1, -0.05) is 26.3 Å². The topological polar surface area (TPSA) is 138 Å². The minimum absolute atomic E-state index is 0.173. The maximum atomic E-state index is 12.9. The Balaban J connectivity index is 1.89. The number of aliphatic hydroxyl groups is 1. The van der Waals surface area contributed by atoms with Crippen LogP contribution in [0.25, 0.3) is 0 Å². The smallest absolute Gasteiger partial charge is 0.342 e. The summed E-state index contributed by atoms with van der Waals surface area (Å²) in [6.07, 6.45) is -0.751. The highest BCUT2D eigenvalue weighted by Gasteiger charge is 2.86. The molecule has 2 saturated heterocycles. The number of epoxide rings is 1. The molecule has 4 aliphatic rings. The number of rotatable bonds is 5. The van der Waals surface area contributed by atoms with Crippen LogP contribution in [0.4, 0.5) is 0 Å². The quantitative estimate of drug-likeness (QED) is 0.242. The molecular weight excluding hydrogens is 496 g/mol. The Hall–Kier alpha value is -2.46. The molecule has 1 saturated carbocycles. The molecular formula is C28H40O10. The molecule has 1 spiro atoms. The van der Waals surface area contributed by atoms with E-state index in [0.29, 0.717) is 19.3 Å². The van der Waals surface area contributed by atoms with Gasteiger partial charge in [0.2, 0.25) is 0 Å². The van der Waals surface area contributed by atoms with Crippen LogP contribution in [0.1, 0.15) is 80.6 Å². The van der Waals surface area contributed by atoms with E-state index in [-0.39, 0.29) is 18.8 Å². The van der Waals surface area contributed by atoms with Gasteiger partial charge in [0.05, 0.1) is 6.10 Å². The van der Waals surface area contributed by atoms with Crippen LogP contribution in [0.5, 0.6) is 0 Å². The highest BCUT2D eigenvalue weighted by Crippen LogP contribution is 2.65. The lowest BCUT2D eigenvalue weighted by Crippen LogP contribution is -2.65. The van der Waals surface area contributed by atoms with Crippen molar-refractivity contribution in [2.45, 2.75) is 122 Å². The fourth-order valence-electron chi connectivity index (χ4n) is 7.20.